The second-order valence-electron chi connectivity index (χ2n) is 5.31. The summed E-state index contributed by atoms with van der Waals surface area (Å²) in [6.07, 6.45) is 5.61. The normalized spacial score (nSPS) is 16.2. The molecule has 2 aromatic rings. The summed E-state index contributed by atoms with van der Waals surface area (Å²) >= 11 is 0. The van der Waals surface area contributed by atoms with Gasteiger partial charge in [-0.1, -0.05) is 49.6 Å². The molecular formula is C15H18N4O. The molecule has 0 unspecified atom stereocenters. The van der Waals surface area contributed by atoms with E-state index in [0.29, 0.717) is 5.82 Å². The van der Waals surface area contributed by atoms with E-state index < -0.39 is 0 Å². The van der Waals surface area contributed by atoms with Gasteiger partial charge in [0.1, 0.15) is 6.54 Å². The first-order chi connectivity index (χ1) is 9.83. The molecule has 20 heavy (non-hydrogen) atoms. The zero-order chi connectivity index (χ0) is 13.8. The summed E-state index contributed by atoms with van der Waals surface area (Å²) in [6, 6.07) is 9.68. The highest BCUT2D eigenvalue weighted by Gasteiger charge is 2.22. The number of ketones is 1. The summed E-state index contributed by atoms with van der Waals surface area (Å²) in [6.45, 7) is 0.241. The van der Waals surface area contributed by atoms with Crippen molar-refractivity contribution in [3.8, 4) is 11.4 Å². The number of tetrazole rings is 1. The van der Waals surface area contributed by atoms with Crippen LogP contribution in [-0.2, 0) is 11.3 Å². The van der Waals surface area contributed by atoms with Gasteiger partial charge in [0.15, 0.2) is 5.78 Å². The van der Waals surface area contributed by atoms with Crippen LogP contribution in [0.4, 0.5) is 0 Å². The summed E-state index contributed by atoms with van der Waals surface area (Å²) in [5, 5.41) is 12.3. The molecule has 1 aliphatic carbocycles. The lowest BCUT2D eigenvalue weighted by Crippen LogP contribution is -2.23. The molecule has 1 fully saturated rings. The van der Waals surface area contributed by atoms with Crippen molar-refractivity contribution >= 4 is 5.78 Å². The highest BCUT2D eigenvalue weighted by atomic mass is 16.1. The predicted molar refractivity (Wildman–Crippen MR) is 74.8 cm³/mol. The first kappa shape index (κ1) is 13.0. The highest BCUT2D eigenvalue weighted by Crippen LogP contribution is 2.24. The van der Waals surface area contributed by atoms with Gasteiger partial charge in [0.2, 0.25) is 5.82 Å². The zero-order valence-electron chi connectivity index (χ0n) is 11.4. The molecule has 1 heterocycles. The van der Waals surface area contributed by atoms with Crippen LogP contribution < -0.4 is 0 Å². The second kappa shape index (κ2) is 5.94. The van der Waals surface area contributed by atoms with Gasteiger partial charge >= 0.3 is 0 Å². The number of aromatic nitrogens is 4. The molecule has 5 nitrogen and oxygen atoms in total. The molecule has 0 atom stereocenters. The lowest BCUT2D eigenvalue weighted by atomic mass is 9.86. The molecule has 104 valence electrons. The van der Waals surface area contributed by atoms with Gasteiger partial charge in [-0.15, -0.1) is 10.2 Å². The maximum absolute atomic E-state index is 12.2. The Hall–Kier alpha value is -2.04. The number of rotatable bonds is 4. The van der Waals surface area contributed by atoms with E-state index in [1.54, 1.807) is 0 Å². The molecular weight excluding hydrogens is 252 g/mol. The number of nitrogens with zero attached hydrogens (tertiary/aromatic N) is 4. The molecule has 0 spiro atoms. The van der Waals surface area contributed by atoms with Gasteiger partial charge in [0.25, 0.3) is 0 Å². The SMILES string of the molecule is O=C(Cn1nnc(-c2ccccc2)n1)C1CCCCC1. The number of carbonyl (C=O) groups is 1. The Morgan fingerprint density at radius 1 is 1.15 bits per heavy atom. The summed E-state index contributed by atoms with van der Waals surface area (Å²) in [7, 11) is 0. The maximum atomic E-state index is 12.2. The largest absolute Gasteiger partial charge is 0.297 e. The molecule has 1 aromatic heterocycles. The standard InChI is InChI=1S/C15H18N4O/c20-14(12-7-3-1-4-8-12)11-19-17-15(16-18-19)13-9-5-2-6-10-13/h2,5-6,9-10,12H,1,3-4,7-8,11H2. The quantitative estimate of drug-likeness (QED) is 0.856. The van der Waals surface area contributed by atoms with Crippen molar-refractivity contribution in [1.29, 1.82) is 0 Å². The van der Waals surface area contributed by atoms with E-state index in [9.17, 15) is 4.79 Å². The Bertz CT molecular complexity index is 573. The molecule has 3 rings (SSSR count). The number of carbonyl (C=O) groups excluding carboxylic acids is 1. The van der Waals surface area contributed by atoms with E-state index in [1.165, 1.54) is 11.2 Å². The molecule has 1 aromatic carbocycles. The summed E-state index contributed by atoms with van der Waals surface area (Å²) in [5.74, 6) is 0.999. The van der Waals surface area contributed by atoms with E-state index in [0.717, 1.165) is 31.2 Å². The van der Waals surface area contributed by atoms with Crippen molar-refractivity contribution in [1.82, 2.24) is 20.2 Å². The van der Waals surface area contributed by atoms with Crippen LogP contribution in [-0.4, -0.2) is 26.0 Å². The molecule has 1 saturated carbocycles. The van der Waals surface area contributed by atoms with Crippen LogP contribution in [0.5, 0.6) is 0 Å². The van der Waals surface area contributed by atoms with Crippen LogP contribution in [0, 0.1) is 5.92 Å². The number of Topliss-reactive ketones (excluding diaryl/α,β-unsaturated/α-hetero) is 1. The minimum absolute atomic E-state index is 0.190. The molecule has 0 bridgehead atoms. The van der Waals surface area contributed by atoms with Gasteiger partial charge in [-0.3, -0.25) is 4.79 Å². The number of hydrogen-bond donors (Lipinski definition) is 0. The maximum Gasteiger partial charge on any atom is 0.204 e. The third-order valence-corrected chi connectivity index (χ3v) is 3.84. The number of hydrogen-bond acceptors (Lipinski definition) is 4. The minimum atomic E-state index is 0.190. The predicted octanol–water partition coefficient (Wildman–Crippen LogP) is 2.49. The van der Waals surface area contributed by atoms with E-state index in [4.69, 9.17) is 0 Å². The van der Waals surface area contributed by atoms with E-state index >= 15 is 0 Å². The topological polar surface area (TPSA) is 60.7 Å². The average molecular weight is 270 g/mol. The van der Waals surface area contributed by atoms with Crippen molar-refractivity contribution in [2.24, 2.45) is 5.92 Å². The van der Waals surface area contributed by atoms with Gasteiger partial charge in [-0.05, 0) is 18.1 Å². The molecule has 1 aliphatic rings. The molecule has 0 aliphatic heterocycles. The van der Waals surface area contributed by atoms with Crippen molar-refractivity contribution in [2.75, 3.05) is 0 Å². The molecule has 5 heteroatoms. The minimum Gasteiger partial charge on any atom is -0.297 e. The fraction of sp³-hybridized carbons (Fsp3) is 0.467. The van der Waals surface area contributed by atoms with Gasteiger partial charge < -0.3 is 0 Å². The lowest BCUT2D eigenvalue weighted by molar-refractivity contribution is -0.124. The van der Waals surface area contributed by atoms with Crippen molar-refractivity contribution in [2.45, 2.75) is 38.6 Å². The lowest BCUT2D eigenvalue weighted by Gasteiger charge is -2.19. The van der Waals surface area contributed by atoms with Crippen molar-refractivity contribution in [3.63, 3.8) is 0 Å². The van der Waals surface area contributed by atoms with E-state index in [2.05, 4.69) is 15.4 Å². The summed E-state index contributed by atoms with van der Waals surface area (Å²) < 4.78 is 0. The molecule has 0 amide bonds. The third kappa shape index (κ3) is 2.92. The van der Waals surface area contributed by atoms with Gasteiger partial charge in [-0.2, -0.15) is 4.80 Å². The molecule has 0 N–H and O–H groups in total. The van der Waals surface area contributed by atoms with Crippen molar-refractivity contribution in [3.05, 3.63) is 30.3 Å². The van der Waals surface area contributed by atoms with Crippen LogP contribution in [0.25, 0.3) is 11.4 Å². The van der Waals surface area contributed by atoms with E-state index in [1.807, 2.05) is 30.3 Å². The first-order valence-electron chi connectivity index (χ1n) is 7.19. The average Bonchev–Trinajstić information content (AvgIpc) is 2.97. The highest BCUT2D eigenvalue weighted by molar-refractivity contribution is 5.80. The fourth-order valence-corrected chi connectivity index (χ4v) is 2.71. The van der Waals surface area contributed by atoms with Gasteiger partial charge in [0.05, 0.1) is 0 Å². The Morgan fingerprint density at radius 3 is 2.65 bits per heavy atom. The Morgan fingerprint density at radius 2 is 1.90 bits per heavy atom. The van der Waals surface area contributed by atoms with Crippen LogP contribution in [0.3, 0.4) is 0 Å². The van der Waals surface area contributed by atoms with Crippen LogP contribution in [0.1, 0.15) is 32.1 Å². The van der Waals surface area contributed by atoms with Crippen LogP contribution in [0.15, 0.2) is 30.3 Å². The van der Waals surface area contributed by atoms with Crippen molar-refractivity contribution < 1.29 is 4.79 Å². The molecule has 0 radical (unpaired) electrons. The van der Waals surface area contributed by atoms with Gasteiger partial charge in [-0.25, -0.2) is 0 Å². The second-order valence-corrected chi connectivity index (χ2v) is 5.31. The van der Waals surface area contributed by atoms with Crippen LogP contribution >= 0.6 is 0 Å². The van der Waals surface area contributed by atoms with E-state index in [-0.39, 0.29) is 18.2 Å². The smallest absolute Gasteiger partial charge is 0.204 e. The zero-order valence-corrected chi connectivity index (χ0v) is 11.4. The Balaban J connectivity index is 1.66. The third-order valence-electron chi connectivity index (χ3n) is 3.84. The van der Waals surface area contributed by atoms with Crippen LogP contribution in [0.2, 0.25) is 0 Å². The summed E-state index contributed by atoms with van der Waals surface area (Å²) in [5.41, 5.74) is 0.920. The first-order valence-corrected chi connectivity index (χ1v) is 7.19. The van der Waals surface area contributed by atoms with Gasteiger partial charge in [0, 0.05) is 11.5 Å². The fourth-order valence-electron chi connectivity index (χ4n) is 2.71. The monoisotopic (exact) mass is 270 g/mol. The molecule has 0 saturated heterocycles. The number of benzene rings is 1. The summed E-state index contributed by atoms with van der Waals surface area (Å²) in [4.78, 5) is 13.6. The Labute approximate surface area is 118 Å². The Kier molecular flexibility index (Phi) is 3.85.